The van der Waals surface area contributed by atoms with Gasteiger partial charge in [-0.25, -0.2) is 0 Å². The molecule has 0 N–H and O–H groups in total. The van der Waals surface area contributed by atoms with Crippen LogP contribution in [0.15, 0.2) is 72.9 Å². The molecule has 4 rings (SSSR count). The summed E-state index contributed by atoms with van der Waals surface area (Å²) in [5, 5.41) is 0.540. The third kappa shape index (κ3) is 3.34. The number of benzene rings is 2. The molecule has 164 valence electrons. The maximum atomic E-state index is 4.62. The van der Waals surface area contributed by atoms with Crippen LogP contribution < -0.4 is 0 Å². The minimum absolute atomic E-state index is 0.0194. The molecule has 0 spiro atoms. The lowest BCUT2D eigenvalue weighted by atomic mass is 8.96. The van der Waals surface area contributed by atoms with Crippen molar-refractivity contribution in [3.05, 3.63) is 78.5 Å². The Balaban J connectivity index is 1.81. The second kappa shape index (κ2) is 8.16. The molecule has 12 heteroatoms. The van der Waals surface area contributed by atoms with Gasteiger partial charge in [-0.15, -0.1) is 15.6 Å². The highest BCUT2D eigenvalue weighted by molar-refractivity contribution is 6.72. The number of rotatable bonds is 3. The molecule has 0 atom stereocenters. The van der Waals surface area contributed by atoms with E-state index < -0.39 is 0 Å². The van der Waals surface area contributed by atoms with E-state index in [0.29, 0.717) is 0 Å². The van der Waals surface area contributed by atoms with Gasteiger partial charge in [0, 0.05) is 11.8 Å². The van der Waals surface area contributed by atoms with Crippen LogP contribution in [0.5, 0.6) is 0 Å². The fourth-order valence-corrected chi connectivity index (χ4v) is 7.47. The SMILES string of the molecule is BC1(B)C(B)(B)C(B)(B)C(B)(c2ccc(-c3ccnc(-c4ccccc4)c3)cc2)C(B)(B)C1(B)B. The quantitative estimate of drug-likeness (QED) is 0.371. The van der Waals surface area contributed by atoms with Gasteiger partial charge < -0.3 is 0 Å². The lowest BCUT2D eigenvalue weighted by Gasteiger charge is -2.80. The minimum Gasteiger partial charge on any atom is -0.256 e. The van der Waals surface area contributed by atoms with Crippen LogP contribution in [0, 0.1) is 0 Å². The van der Waals surface area contributed by atoms with Gasteiger partial charge in [0.05, 0.1) is 84.2 Å². The second-order valence-corrected chi connectivity index (χ2v) is 13.6. The van der Waals surface area contributed by atoms with Crippen molar-refractivity contribution in [2.45, 2.75) is 31.4 Å². The second-order valence-electron chi connectivity index (χ2n) is 13.6. The predicted molar refractivity (Wildman–Crippen MR) is 184 cm³/mol. The first kappa shape index (κ1) is 26.4. The van der Waals surface area contributed by atoms with E-state index in [1.54, 1.807) is 0 Å². The Bertz CT molecular complexity index is 1210. The van der Waals surface area contributed by atoms with Crippen molar-refractivity contribution < 1.29 is 0 Å². The number of aromatic nitrogens is 1. The van der Waals surface area contributed by atoms with Crippen molar-refractivity contribution >= 4 is 86.3 Å². The van der Waals surface area contributed by atoms with Gasteiger partial charge in [-0.2, -0.15) is 0 Å². The molecule has 2 aromatic carbocycles. The summed E-state index contributed by atoms with van der Waals surface area (Å²) in [6.45, 7) is 0. The first-order valence-corrected chi connectivity index (χ1v) is 13.2. The molecule has 1 aromatic heterocycles. The van der Waals surface area contributed by atoms with Crippen LogP contribution in [0.25, 0.3) is 22.4 Å². The predicted octanol–water partition coefficient (Wildman–Crippen LogP) is -4.83. The van der Waals surface area contributed by atoms with Crippen LogP contribution in [0.4, 0.5) is 0 Å². The van der Waals surface area contributed by atoms with E-state index in [9.17, 15) is 0 Å². The molecule has 0 aliphatic heterocycles. The maximum Gasteiger partial charge on any atom is 0.112 e. The molecule has 0 bridgehead atoms. The minimum atomic E-state index is -0.0194. The van der Waals surface area contributed by atoms with Crippen LogP contribution in [-0.4, -0.2) is 91.3 Å². The van der Waals surface area contributed by atoms with E-state index in [2.05, 4.69) is 152 Å². The van der Waals surface area contributed by atoms with Crippen LogP contribution >= 0.6 is 0 Å². The number of hydrogen-bond acceptors (Lipinski definition) is 1. The van der Waals surface area contributed by atoms with E-state index in [0.717, 1.165) is 11.3 Å². The zero-order valence-electron chi connectivity index (χ0n) is 23.9. The van der Waals surface area contributed by atoms with Crippen molar-refractivity contribution in [3.63, 3.8) is 0 Å². The molecule has 1 saturated carbocycles. The molecule has 1 aliphatic rings. The summed E-state index contributed by atoms with van der Waals surface area (Å²) >= 11 is 0. The molecule has 0 radical (unpaired) electrons. The van der Waals surface area contributed by atoms with Gasteiger partial charge in [0.25, 0.3) is 0 Å². The van der Waals surface area contributed by atoms with E-state index in [4.69, 9.17) is 0 Å². The Labute approximate surface area is 223 Å². The molecular formula is C23H34B11N. The van der Waals surface area contributed by atoms with E-state index in [-0.39, 0.29) is 31.4 Å². The van der Waals surface area contributed by atoms with Gasteiger partial charge in [-0.05, 0) is 23.3 Å². The monoisotopic (exact) mass is 445 g/mol. The summed E-state index contributed by atoms with van der Waals surface area (Å²) in [6, 6.07) is 24.2. The van der Waals surface area contributed by atoms with Crippen molar-refractivity contribution in [2.75, 3.05) is 0 Å². The van der Waals surface area contributed by atoms with Crippen molar-refractivity contribution in [2.24, 2.45) is 0 Å². The Morgan fingerprint density at radius 2 is 0.943 bits per heavy atom. The van der Waals surface area contributed by atoms with Crippen molar-refractivity contribution in [1.82, 2.24) is 4.98 Å². The Kier molecular flexibility index (Phi) is 6.14. The van der Waals surface area contributed by atoms with E-state index in [1.807, 2.05) is 12.3 Å². The van der Waals surface area contributed by atoms with Gasteiger partial charge in [-0.1, -0.05) is 75.9 Å². The molecule has 0 amide bonds. The number of nitrogens with zero attached hydrogens (tertiary/aromatic N) is 1. The Morgan fingerprint density at radius 3 is 1.46 bits per heavy atom. The molecule has 35 heavy (non-hydrogen) atoms. The third-order valence-electron chi connectivity index (χ3n) is 12.4. The fourth-order valence-electron chi connectivity index (χ4n) is 7.47. The normalized spacial score (nSPS) is 22.6. The zero-order chi connectivity index (χ0) is 26.1. The average molecular weight is 443 g/mol. The molecule has 1 aliphatic carbocycles. The summed E-state index contributed by atoms with van der Waals surface area (Å²) in [6.07, 6.45) is 1.92. The molecule has 0 unspecified atom stereocenters. The van der Waals surface area contributed by atoms with Crippen molar-refractivity contribution in [1.29, 1.82) is 0 Å². The van der Waals surface area contributed by atoms with Gasteiger partial charge in [0.15, 0.2) is 0 Å². The van der Waals surface area contributed by atoms with Gasteiger partial charge in [-0.3, -0.25) is 4.98 Å². The third-order valence-corrected chi connectivity index (χ3v) is 12.4. The summed E-state index contributed by atoms with van der Waals surface area (Å²) < 4.78 is 0. The topological polar surface area (TPSA) is 12.9 Å². The van der Waals surface area contributed by atoms with E-state index >= 15 is 0 Å². The highest BCUT2D eigenvalue weighted by Gasteiger charge is 2.71. The molecule has 1 nitrogen and oxygen atoms in total. The lowest BCUT2D eigenvalue weighted by Crippen LogP contribution is -2.70. The maximum absolute atomic E-state index is 4.62. The summed E-state index contributed by atoms with van der Waals surface area (Å²) in [5.74, 6) is 0. The van der Waals surface area contributed by atoms with Crippen molar-refractivity contribution in [3.8, 4) is 22.4 Å². The highest BCUT2D eigenvalue weighted by atomic mass is 14.7. The van der Waals surface area contributed by atoms with Crippen LogP contribution in [-0.2, 0) is 5.31 Å². The Morgan fingerprint density at radius 1 is 0.457 bits per heavy atom. The van der Waals surface area contributed by atoms with Crippen LogP contribution in [0.3, 0.4) is 0 Å². The molecule has 1 heterocycles. The lowest BCUT2D eigenvalue weighted by molar-refractivity contribution is 0.273. The average Bonchev–Trinajstić information content (AvgIpc) is 2.83. The van der Waals surface area contributed by atoms with Gasteiger partial charge in [0.2, 0.25) is 0 Å². The number of hydrogen-bond donors (Lipinski definition) is 0. The smallest absolute Gasteiger partial charge is 0.112 e. The molecular weight excluding hydrogens is 409 g/mol. The molecule has 3 aromatic rings. The highest BCUT2D eigenvalue weighted by Crippen LogP contribution is 2.83. The Hall–Kier alpha value is -1.70. The zero-order valence-corrected chi connectivity index (χ0v) is 23.9. The fraction of sp³-hybridized carbons (Fsp3) is 0.261. The molecule has 0 saturated heterocycles. The first-order chi connectivity index (χ1) is 16.0. The number of pyridine rings is 1. The van der Waals surface area contributed by atoms with Crippen LogP contribution in [0.1, 0.15) is 5.56 Å². The first-order valence-electron chi connectivity index (χ1n) is 13.2. The van der Waals surface area contributed by atoms with Gasteiger partial charge >= 0.3 is 0 Å². The standard InChI is InChI=1S/C23H34B11N/c24-18(19(25,26)21(29,30)23(33,34)22(31,32)20(18,27)28)16-8-6-13(7-9-16)15-10-11-35-17(12-15)14-4-2-1-3-5-14/h1-12H,24-34H2. The summed E-state index contributed by atoms with van der Waals surface area (Å²) in [5.41, 5.74) is 6.04. The molecule has 1 fully saturated rings. The van der Waals surface area contributed by atoms with E-state index in [1.165, 1.54) is 16.7 Å². The summed E-state index contributed by atoms with van der Waals surface area (Å²) in [4.78, 5) is 4.62. The summed E-state index contributed by atoms with van der Waals surface area (Å²) in [7, 11) is 27.5. The largest absolute Gasteiger partial charge is 0.256 e. The van der Waals surface area contributed by atoms with Gasteiger partial charge in [0.1, 0.15) is 7.85 Å². The van der Waals surface area contributed by atoms with Crippen LogP contribution in [0.2, 0.25) is 26.1 Å².